The maximum Gasteiger partial charge on any atom is 0.186 e. The molecule has 1 aromatic rings. The van der Waals surface area contributed by atoms with Crippen LogP contribution in [0, 0.1) is 0 Å². The van der Waals surface area contributed by atoms with Gasteiger partial charge >= 0.3 is 0 Å². The number of unbranched alkanes of at least 4 members (excludes halogenated alkanes) is 2. The Kier molecular flexibility index (Phi) is 8.38. The predicted octanol–water partition coefficient (Wildman–Crippen LogP) is 3.07. The summed E-state index contributed by atoms with van der Waals surface area (Å²) in [6.45, 7) is 5.73. The first-order chi connectivity index (χ1) is 9.76. The number of hydrogen-bond donors (Lipinski definition) is 2. The minimum atomic E-state index is 0.527. The van der Waals surface area contributed by atoms with E-state index in [9.17, 15) is 0 Å². The summed E-state index contributed by atoms with van der Waals surface area (Å²) in [5.41, 5.74) is 3.75. The van der Waals surface area contributed by atoms with Crippen LogP contribution in [0.5, 0.6) is 5.75 Å². The number of hydrazone groups is 1. The van der Waals surface area contributed by atoms with Crippen LogP contribution in [0.2, 0.25) is 0 Å². The lowest BCUT2D eigenvalue weighted by molar-refractivity contribution is 0.306. The highest BCUT2D eigenvalue weighted by molar-refractivity contribution is 7.80. The van der Waals surface area contributed by atoms with E-state index in [0.29, 0.717) is 5.11 Å². The van der Waals surface area contributed by atoms with Gasteiger partial charge in [-0.15, -0.1) is 0 Å². The summed E-state index contributed by atoms with van der Waals surface area (Å²) >= 11 is 5.00. The van der Waals surface area contributed by atoms with Crippen LogP contribution in [0.3, 0.4) is 0 Å². The molecule has 0 amide bonds. The van der Waals surface area contributed by atoms with Gasteiger partial charge in [-0.25, -0.2) is 0 Å². The van der Waals surface area contributed by atoms with Gasteiger partial charge in [0.2, 0.25) is 0 Å². The number of thiocarbonyl (C=S) groups is 1. The molecule has 4 nitrogen and oxygen atoms in total. The molecule has 20 heavy (non-hydrogen) atoms. The molecule has 0 saturated heterocycles. The van der Waals surface area contributed by atoms with Crippen molar-refractivity contribution in [3.05, 3.63) is 29.8 Å². The standard InChI is InChI=1S/C15H23N3OS/c1-3-5-6-11-19-14-9-7-13(8-10-14)12-17-18-15(20)16-4-2/h7-10,12H,3-6,11H2,1-2H3,(H2,16,18,20)/b17-12+. The quantitative estimate of drug-likeness (QED) is 0.335. The molecular formula is C15H23N3OS. The Hall–Kier alpha value is -1.62. The molecule has 1 rings (SSSR count). The Morgan fingerprint density at radius 3 is 2.65 bits per heavy atom. The molecule has 0 aliphatic rings. The zero-order valence-corrected chi connectivity index (χ0v) is 13.0. The van der Waals surface area contributed by atoms with Crippen LogP contribution in [0.15, 0.2) is 29.4 Å². The van der Waals surface area contributed by atoms with E-state index >= 15 is 0 Å². The van der Waals surface area contributed by atoms with Gasteiger partial charge < -0.3 is 10.1 Å². The normalized spacial score (nSPS) is 10.5. The van der Waals surface area contributed by atoms with Crippen molar-refractivity contribution in [2.24, 2.45) is 5.10 Å². The van der Waals surface area contributed by atoms with E-state index in [4.69, 9.17) is 17.0 Å². The van der Waals surface area contributed by atoms with Crippen LogP contribution >= 0.6 is 12.2 Å². The molecule has 1 aromatic carbocycles. The van der Waals surface area contributed by atoms with Crippen molar-refractivity contribution in [2.45, 2.75) is 33.1 Å². The van der Waals surface area contributed by atoms with Crippen molar-refractivity contribution in [2.75, 3.05) is 13.2 Å². The van der Waals surface area contributed by atoms with Gasteiger partial charge in [0.05, 0.1) is 12.8 Å². The second kappa shape index (κ2) is 10.2. The van der Waals surface area contributed by atoms with Gasteiger partial charge in [-0.3, -0.25) is 5.43 Å². The van der Waals surface area contributed by atoms with Crippen molar-refractivity contribution in [3.8, 4) is 5.75 Å². The molecule has 0 radical (unpaired) electrons. The van der Waals surface area contributed by atoms with Crippen LogP contribution in [0.4, 0.5) is 0 Å². The van der Waals surface area contributed by atoms with Crippen LogP contribution in [0.1, 0.15) is 38.7 Å². The molecule has 0 aliphatic heterocycles. The fourth-order valence-corrected chi connectivity index (χ4v) is 1.75. The molecule has 2 N–H and O–H groups in total. The molecule has 110 valence electrons. The lowest BCUT2D eigenvalue weighted by atomic mass is 10.2. The summed E-state index contributed by atoms with van der Waals surface area (Å²) in [7, 11) is 0. The van der Waals surface area contributed by atoms with Crippen LogP contribution in [0.25, 0.3) is 0 Å². The molecule has 0 atom stereocenters. The smallest absolute Gasteiger partial charge is 0.186 e. The number of ether oxygens (including phenoxy) is 1. The molecule has 0 aromatic heterocycles. The second-order valence-electron chi connectivity index (χ2n) is 4.35. The van der Waals surface area contributed by atoms with Gasteiger partial charge in [0.1, 0.15) is 5.75 Å². The van der Waals surface area contributed by atoms with Gasteiger partial charge in [0.25, 0.3) is 0 Å². The molecule has 0 unspecified atom stereocenters. The fourth-order valence-electron chi connectivity index (χ4n) is 1.56. The summed E-state index contributed by atoms with van der Waals surface area (Å²) in [5.74, 6) is 0.898. The number of benzene rings is 1. The van der Waals surface area contributed by atoms with Crippen molar-refractivity contribution in [1.29, 1.82) is 0 Å². The third-order valence-corrected chi connectivity index (χ3v) is 2.85. The minimum absolute atomic E-state index is 0.527. The Bertz CT molecular complexity index is 418. The third kappa shape index (κ3) is 7.09. The predicted molar refractivity (Wildman–Crippen MR) is 88.5 cm³/mol. The maximum absolute atomic E-state index is 5.65. The third-order valence-electron chi connectivity index (χ3n) is 2.61. The molecule has 0 aliphatic carbocycles. The van der Waals surface area contributed by atoms with Gasteiger partial charge in [-0.05, 0) is 55.4 Å². The van der Waals surface area contributed by atoms with Crippen LogP contribution in [-0.2, 0) is 0 Å². The van der Waals surface area contributed by atoms with Crippen molar-refractivity contribution in [3.63, 3.8) is 0 Å². The van der Waals surface area contributed by atoms with E-state index in [-0.39, 0.29) is 0 Å². The van der Waals surface area contributed by atoms with Crippen molar-refractivity contribution < 1.29 is 4.74 Å². The highest BCUT2D eigenvalue weighted by Crippen LogP contribution is 2.11. The summed E-state index contributed by atoms with van der Waals surface area (Å²) in [5, 5.41) is 7.55. The largest absolute Gasteiger partial charge is 0.494 e. The van der Waals surface area contributed by atoms with Crippen molar-refractivity contribution >= 4 is 23.5 Å². The molecule has 0 saturated carbocycles. The van der Waals surface area contributed by atoms with E-state index in [0.717, 1.165) is 30.9 Å². The topological polar surface area (TPSA) is 45.6 Å². The minimum Gasteiger partial charge on any atom is -0.494 e. The highest BCUT2D eigenvalue weighted by Gasteiger charge is 1.94. The lowest BCUT2D eigenvalue weighted by Gasteiger charge is -2.05. The van der Waals surface area contributed by atoms with Crippen LogP contribution < -0.4 is 15.5 Å². The molecule has 0 spiro atoms. The zero-order valence-electron chi connectivity index (χ0n) is 12.2. The van der Waals surface area contributed by atoms with E-state index in [1.54, 1.807) is 6.21 Å². The van der Waals surface area contributed by atoms with E-state index in [1.165, 1.54) is 12.8 Å². The molecule has 0 heterocycles. The van der Waals surface area contributed by atoms with E-state index in [1.807, 2.05) is 31.2 Å². The number of rotatable bonds is 8. The molecule has 0 fully saturated rings. The average molecular weight is 293 g/mol. The first kappa shape index (κ1) is 16.4. The van der Waals surface area contributed by atoms with Gasteiger partial charge in [0, 0.05) is 6.54 Å². The van der Waals surface area contributed by atoms with Crippen LogP contribution in [-0.4, -0.2) is 24.5 Å². The lowest BCUT2D eigenvalue weighted by Crippen LogP contribution is -2.31. The van der Waals surface area contributed by atoms with E-state index < -0.39 is 0 Å². The first-order valence-corrected chi connectivity index (χ1v) is 7.46. The first-order valence-electron chi connectivity index (χ1n) is 7.06. The zero-order chi connectivity index (χ0) is 14.6. The SMILES string of the molecule is CCCCCOc1ccc(/C=N/NC(=S)NCC)cc1. The summed E-state index contributed by atoms with van der Waals surface area (Å²) in [6, 6.07) is 7.85. The Labute approximate surface area is 126 Å². The molecule has 5 heteroatoms. The molecule has 0 bridgehead atoms. The number of nitrogens with one attached hydrogen (secondary N) is 2. The Morgan fingerprint density at radius 1 is 1.25 bits per heavy atom. The van der Waals surface area contributed by atoms with Gasteiger partial charge in [-0.2, -0.15) is 5.10 Å². The van der Waals surface area contributed by atoms with Crippen molar-refractivity contribution in [1.82, 2.24) is 10.7 Å². The Morgan fingerprint density at radius 2 is 2.00 bits per heavy atom. The monoisotopic (exact) mass is 293 g/mol. The van der Waals surface area contributed by atoms with E-state index in [2.05, 4.69) is 22.8 Å². The molecular weight excluding hydrogens is 270 g/mol. The Balaban J connectivity index is 2.34. The van der Waals surface area contributed by atoms with Gasteiger partial charge in [-0.1, -0.05) is 19.8 Å². The fraction of sp³-hybridized carbons (Fsp3) is 0.467. The summed E-state index contributed by atoms with van der Waals surface area (Å²) < 4.78 is 5.65. The van der Waals surface area contributed by atoms with Gasteiger partial charge in [0.15, 0.2) is 5.11 Å². The number of nitrogens with zero attached hydrogens (tertiary/aromatic N) is 1. The maximum atomic E-state index is 5.65. The number of hydrogen-bond acceptors (Lipinski definition) is 3. The second-order valence-corrected chi connectivity index (χ2v) is 4.76. The average Bonchev–Trinajstić information content (AvgIpc) is 2.45. The highest BCUT2D eigenvalue weighted by atomic mass is 32.1. The summed E-state index contributed by atoms with van der Waals surface area (Å²) in [6.07, 6.45) is 5.25. The summed E-state index contributed by atoms with van der Waals surface area (Å²) in [4.78, 5) is 0.